The summed E-state index contributed by atoms with van der Waals surface area (Å²) in [6, 6.07) is 4.47. The molecule has 10 nitrogen and oxygen atoms in total. The standard InChI is InChI=1S/C28H43NO9/c1-7-12-35-27(34)36-20(6)16-28(29,26(32)33)17-21-10-11-22(37-24(30)13-18(4)8-2)23(15-21)38-25(31)14-19(5)9-3/h10-11,15,18-20H,7-9,12-14,16-17,29H2,1-6H3,(H,32,33)/t18?,19?,20-,28?/m0/s1. The van der Waals surface area contributed by atoms with E-state index in [2.05, 4.69) is 0 Å². The number of ether oxygens (including phenoxy) is 4. The summed E-state index contributed by atoms with van der Waals surface area (Å²) in [6.45, 7) is 11.3. The molecule has 3 N–H and O–H groups in total. The van der Waals surface area contributed by atoms with Crippen LogP contribution in [-0.4, -0.2) is 47.4 Å². The second kappa shape index (κ2) is 16.0. The molecule has 0 aliphatic carbocycles. The minimum atomic E-state index is -1.81. The molecule has 0 spiro atoms. The van der Waals surface area contributed by atoms with Crippen molar-refractivity contribution >= 4 is 24.1 Å². The van der Waals surface area contributed by atoms with Gasteiger partial charge in [0.15, 0.2) is 11.5 Å². The fourth-order valence-electron chi connectivity index (χ4n) is 3.55. The lowest BCUT2D eigenvalue weighted by Gasteiger charge is -2.28. The van der Waals surface area contributed by atoms with Crippen LogP contribution in [-0.2, 0) is 30.3 Å². The fraction of sp³-hybridized carbons (Fsp3) is 0.643. The van der Waals surface area contributed by atoms with Crippen molar-refractivity contribution in [1.82, 2.24) is 0 Å². The minimum absolute atomic E-state index is 0.00786. The van der Waals surface area contributed by atoms with Gasteiger partial charge < -0.3 is 29.8 Å². The Morgan fingerprint density at radius 3 is 1.97 bits per heavy atom. The number of carboxylic acid groups (broad SMARTS) is 1. The SMILES string of the molecule is CCCOC(=O)O[C@@H](C)CC(N)(Cc1ccc(OC(=O)CC(C)CC)c(OC(=O)CC(C)CC)c1)C(=O)O. The maximum atomic E-state index is 12.5. The van der Waals surface area contributed by atoms with Crippen molar-refractivity contribution in [1.29, 1.82) is 0 Å². The number of benzene rings is 1. The Hall–Kier alpha value is -3.14. The van der Waals surface area contributed by atoms with Gasteiger partial charge in [-0.3, -0.25) is 14.4 Å². The molecule has 0 amide bonds. The maximum absolute atomic E-state index is 12.5. The minimum Gasteiger partial charge on any atom is -0.480 e. The second-order valence-electron chi connectivity index (χ2n) is 10.0. The summed E-state index contributed by atoms with van der Waals surface area (Å²) in [5.41, 5.74) is 4.87. The van der Waals surface area contributed by atoms with Crippen LogP contribution >= 0.6 is 0 Å². The molecule has 0 aliphatic rings. The Morgan fingerprint density at radius 1 is 0.921 bits per heavy atom. The van der Waals surface area contributed by atoms with Crippen molar-refractivity contribution in [3.63, 3.8) is 0 Å². The summed E-state index contributed by atoms with van der Waals surface area (Å²) in [4.78, 5) is 48.8. The number of hydrogen-bond acceptors (Lipinski definition) is 9. The van der Waals surface area contributed by atoms with Crippen molar-refractivity contribution in [2.24, 2.45) is 17.6 Å². The number of carboxylic acids is 1. The Balaban J connectivity index is 3.18. The Kier molecular flexibility index (Phi) is 13.8. The van der Waals surface area contributed by atoms with Crippen LogP contribution in [0.25, 0.3) is 0 Å². The Morgan fingerprint density at radius 2 is 1.47 bits per heavy atom. The molecule has 4 atom stereocenters. The Bertz CT molecular complexity index is 948. The summed E-state index contributed by atoms with van der Waals surface area (Å²) in [6.07, 6.45) is 0.466. The van der Waals surface area contributed by atoms with E-state index < -0.39 is 35.7 Å². The summed E-state index contributed by atoms with van der Waals surface area (Å²) in [7, 11) is 0. The number of carbonyl (C=O) groups excluding carboxylic acids is 3. The lowest BCUT2D eigenvalue weighted by atomic mass is 9.86. The van der Waals surface area contributed by atoms with Gasteiger partial charge >= 0.3 is 24.1 Å². The van der Waals surface area contributed by atoms with Crippen LogP contribution in [0.15, 0.2) is 18.2 Å². The molecule has 3 unspecified atom stereocenters. The third-order valence-electron chi connectivity index (χ3n) is 6.20. The highest BCUT2D eigenvalue weighted by atomic mass is 16.7. The van der Waals surface area contributed by atoms with Gasteiger partial charge in [0.1, 0.15) is 11.6 Å². The lowest BCUT2D eigenvalue weighted by molar-refractivity contribution is -0.144. The van der Waals surface area contributed by atoms with E-state index in [0.29, 0.717) is 12.0 Å². The highest BCUT2D eigenvalue weighted by Gasteiger charge is 2.37. The van der Waals surface area contributed by atoms with Crippen LogP contribution in [0.5, 0.6) is 11.5 Å². The predicted molar refractivity (Wildman–Crippen MR) is 141 cm³/mol. The van der Waals surface area contributed by atoms with Crippen LogP contribution in [0.3, 0.4) is 0 Å². The quantitative estimate of drug-likeness (QED) is 0.217. The Labute approximate surface area is 225 Å². The van der Waals surface area contributed by atoms with Crippen LogP contribution in [0.4, 0.5) is 4.79 Å². The molecule has 0 heterocycles. The third-order valence-corrected chi connectivity index (χ3v) is 6.20. The van der Waals surface area contributed by atoms with Gasteiger partial charge in [-0.05, 0) is 42.9 Å². The van der Waals surface area contributed by atoms with Crippen molar-refractivity contribution in [3.8, 4) is 11.5 Å². The van der Waals surface area contributed by atoms with Crippen molar-refractivity contribution in [3.05, 3.63) is 23.8 Å². The second-order valence-corrected chi connectivity index (χ2v) is 10.0. The van der Waals surface area contributed by atoms with E-state index in [1.54, 1.807) is 6.07 Å². The molecule has 0 bridgehead atoms. The number of hydrogen-bond donors (Lipinski definition) is 2. The average Bonchev–Trinajstić information content (AvgIpc) is 2.83. The first kappa shape index (κ1) is 32.9. The zero-order valence-corrected chi connectivity index (χ0v) is 23.4. The summed E-state index contributed by atoms with van der Waals surface area (Å²) in [5.74, 6) is -1.98. The van der Waals surface area contributed by atoms with E-state index in [9.17, 15) is 24.3 Å². The maximum Gasteiger partial charge on any atom is 0.508 e. The molecule has 0 saturated heterocycles. The molecule has 214 valence electrons. The van der Waals surface area contributed by atoms with E-state index >= 15 is 0 Å². The molecule has 0 aromatic heterocycles. The fourth-order valence-corrected chi connectivity index (χ4v) is 3.55. The van der Waals surface area contributed by atoms with E-state index in [0.717, 1.165) is 12.8 Å². The molecule has 0 fully saturated rings. The first-order valence-corrected chi connectivity index (χ1v) is 13.2. The highest BCUT2D eigenvalue weighted by Crippen LogP contribution is 2.32. The van der Waals surface area contributed by atoms with Crippen LogP contribution < -0.4 is 15.2 Å². The van der Waals surface area contributed by atoms with Crippen LogP contribution in [0.2, 0.25) is 0 Å². The van der Waals surface area contributed by atoms with Crippen LogP contribution in [0, 0.1) is 11.8 Å². The monoisotopic (exact) mass is 537 g/mol. The number of carbonyl (C=O) groups is 4. The van der Waals surface area contributed by atoms with Crippen molar-refractivity contribution in [2.75, 3.05) is 6.61 Å². The number of aliphatic carboxylic acids is 1. The van der Waals surface area contributed by atoms with Gasteiger partial charge in [-0.25, -0.2) is 4.79 Å². The van der Waals surface area contributed by atoms with E-state index in [1.807, 2.05) is 34.6 Å². The molecular formula is C28H43NO9. The zero-order valence-electron chi connectivity index (χ0n) is 23.4. The first-order valence-electron chi connectivity index (χ1n) is 13.2. The molecule has 0 radical (unpaired) electrons. The van der Waals surface area contributed by atoms with Gasteiger partial charge in [0.25, 0.3) is 0 Å². The topological polar surface area (TPSA) is 151 Å². The number of esters is 2. The van der Waals surface area contributed by atoms with E-state index in [-0.39, 0.29) is 55.6 Å². The number of nitrogens with two attached hydrogens (primary N) is 1. The van der Waals surface area contributed by atoms with Gasteiger partial charge in [-0.1, -0.05) is 53.5 Å². The number of rotatable bonds is 16. The molecule has 1 aromatic rings. The smallest absolute Gasteiger partial charge is 0.480 e. The molecule has 38 heavy (non-hydrogen) atoms. The molecule has 0 aliphatic heterocycles. The molecule has 1 aromatic carbocycles. The van der Waals surface area contributed by atoms with E-state index in [1.165, 1.54) is 19.1 Å². The van der Waals surface area contributed by atoms with Gasteiger partial charge in [0.05, 0.1) is 6.61 Å². The lowest BCUT2D eigenvalue weighted by Crippen LogP contribution is -2.52. The van der Waals surface area contributed by atoms with Gasteiger partial charge in [-0.15, -0.1) is 0 Å². The summed E-state index contributed by atoms with van der Waals surface area (Å²) in [5, 5.41) is 9.89. The van der Waals surface area contributed by atoms with Gasteiger partial charge in [0.2, 0.25) is 0 Å². The van der Waals surface area contributed by atoms with E-state index in [4.69, 9.17) is 24.7 Å². The average molecular weight is 538 g/mol. The normalized spacial score (nSPS) is 14.9. The molecule has 0 saturated carbocycles. The van der Waals surface area contributed by atoms with Gasteiger partial charge in [0, 0.05) is 25.7 Å². The van der Waals surface area contributed by atoms with Crippen LogP contribution in [0.1, 0.15) is 85.6 Å². The molecule has 1 rings (SSSR count). The highest BCUT2D eigenvalue weighted by molar-refractivity contribution is 5.79. The summed E-state index contributed by atoms with van der Waals surface area (Å²) >= 11 is 0. The molecular weight excluding hydrogens is 494 g/mol. The first-order chi connectivity index (χ1) is 17.8. The van der Waals surface area contributed by atoms with Crippen molar-refractivity contribution < 1.29 is 43.2 Å². The van der Waals surface area contributed by atoms with Gasteiger partial charge in [-0.2, -0.15) is 0 Å². The third kappa shape index (κ3) is 11.5. The predicted octanol–water partition coefficient (Wildman–Crippen LogP) is 5.04. The molecule has 10 heteroatoms. The zero-order chi connectivity index (χ0) is 28.9. The largest absolute Gasteiger partial charge is 0.508 e. The summed E-state index contributed by atoms with van der Waals surface area (Å²) < 4.78 is 21.0. The van der Waals surface area contributed by atoms with Crippen molar-refractivity contribution in [2.45, 2.75) is 98.1 Å².